The Morgan fingerprint density at radius 3 is 2.58 bits per heavy atom. The predicted octanol–water partition coefficient (Wildman–Crippen LogP) is 1.32. The Kier molecular flexibility index (Phi) is 4.59. The first kappa shape index (κ1) is 11.2. The van der Waals surface area contributed by atoms with E-state index in [0.29, 0.717) is 0 Å². The molecule has 1 aromatic heterocycles. The fourth-order valence-electron chi connectivity index (χ4n) is 0.937. The second-order valence-corrected chi connectivity index (χ2v) is 2.41. The summed E-state index contributed by atoms with van der Waals surface area (Å²) in [6.45, 7) is 3.99. The minimum atomic E-state index is -0.235. The van der Waals surface area contributed by atoms with Gasteiger partial charge in [-0.05, 0) is 18.9 Å². The van der Waals surface area contributed by atoms with Gasteiger partial charge in [-0.2, -0.15) is 4.98 Å². The summed E-state index contributed by atoms with van der Waals surface area (Å²) in [5.41, 5.74) is 1.59. The molecule has 0 amide bonds. The van der Waals surface area contributed by atoms with Crippen molar-refractivity contribution in [3.63, 3.8) is 0 Å². The van der Waals surface area contributed by atoms with Crippen molar-refractivity contribution in [2.75, 3.05) is 0 Å². The number of hydrogen-bond donors (Lipinski definition) is 1. The molecule has 0 aliphatic heterocycles. The molecule has 3 nitrogen and oxygen atoms in total. The van der Waals surface area contributed by atoms with Crippen LogP contribution in [-0.4, -0.2) is 9.97 Å². The van der Waals surface area contributed by atoms with Gasteiger partial charge in [-0.3, -0.25) is 0 Å². The summed E-state index contributed by atoms with van der Waals surface area (Å²) in [4.78, 5) is 17.3. The van der Waals surface area contributed by atoms with E-state index in [1.807, 2.05) is 19.9 Å². The van der Waals surface area contributed by atoms with Gasteiger partial charge in [0.05, 0.1) is 0 Å². The zero-order valence-electron chi connectivity index (χ0n) is 7.26. The minimum absolute atomic E-state index is 0. The molecule has 0 saturated carbocycles. The lowest BCUT2D eigenvalue weighted by atomic mass is 10.2. The number of nitrogens with one attached hydrogen (secondary N) is 1. The Balaban J connectivity index is 0.00000121. The van der Waals surface area contributed by atoms with Gasteiger partial charge in [-0.15, -0.1) is 12.4 Å². The van der Waals surface area contributed by atoms with Crippen molar-refractivity contribution in [3.05, 3.63) is 27.9 Å². The lowest BCUT2D eigenvalue weighted by molar-refractivity contribution is 0.898. The Morgan fingerprint density at radius 1 is 1.42 bits per heavy atom. The van der Waals surface area contributed by atoms with Crippen LogP contribution < -0.4 is 5.69 Å². The normalized spacial score (nSPS) is 9.17. The van der Waals surface area contributed by atoms with Crippen LogP contribution in [0.4, 0.5) is 0 Å². The van der Waals surface area contributed by atoms with Crippen molar-refractivity contribution < 1.29 is 0 Å². The maximum atomic E-state index is 10.9. The molecule has 0 aliphatic rings. The zero-order chi connectivity index (χ0) is 8.27. The van der Waals surface area contributed by atoms with Crippen molar-refractivity contribution in [2.45, 2.75) is 26.7 Å². The fourth-order valence-corrected chi connectivity index (χ4v) is 0.937. The van der Waals surface area contributed by atoms with Crippen LogP contribution in [0, 0.1) is 0 Å². The van der Waals surface area contributed by atoms with Crippen LogP contribution in [0.5, 0.6) is 0 Å². The number of halogens is 1. The van der Waals surface area contributed by atoms with Gasteiger partial charge in [-0.1, -0.05) is 13.8 Å². The molecular weight excluding hydrogens is 176 g/mol. The highest BCUT2D eigenvalue weighted by Crippen LogP contribution is 1.96. The Bertz CT molecular complexity index is 270. The molecule has 0 bridgehead atoms. The molecule has 1 aromatic rings. The van der Waals surface area contributed by atoms with Gasteiger partial charge in [-0.25, -0.2) is 4.79 Å². The Morgan fingerprint density at radius 2 is 2.08 bits per heavy atom. The average Bonchev–Trinajstić information content (AvgIpc) is 2.03. The first-order valence-corrected chi connectivity index (χ1v) is 3.85. The van der Waals surface area contributed by atoms with Crippen LogP contribution in [-0.2, 0) is 12.8 Å². The van der Waals surface area contributed by atoms with Gasteiger partial charge in [0.15, 0.2) is 0 Å². The Labute approximate surface area is 77.6 Å². The lowest BCUT2D eigenvalue weighted by Gasteiger charge is -1.97. The lowest BCUT2D eigenvalue weighted by Crippen LogP contribution is -2.14. The highest BCUT2D eigenvalue weighted by Gasteiger charge is 1.95. The van der Waals surface area contributed by atoms with Crippen molar-refractivity contribution >= 4 is 12.4 Å². The van der Waals surface area contributed by atoms with Crippen LogP contribution >= 0.6 is 12.4 Å². The van der Waals surface area contributed by atoms with E-state index in [1.165, 1.54) is 0 Å². The van der Waals surface area contributed by atoms with E-state index in [1.54, 1.807) is 0 Å². The standard InChI is InChI=1S/C8H12N2O.ClH/c1-3-6-5-7(4-2)10-8(11)9-6;/h5H,3-4H2,1-2H3,(H,9,10,11);1H. The molecule has 0 aromatic carbocycles. The molecule has 0 fully saturated rings. The molecule has 0 spiro atoms. The molecule has 12 heavy (non-hydrogen) atoms. The molecule has 68 valence electrons. The largest absolute Gasteiger partial charge is 0.345 e. The molecule has 0 saturated heterocycles. The van der Waals surface area contributed by atoms with Crippen LogP contribution in [0.2, 0.25) is 0 Å². The summed E-state index contributed by atoms with van der Waals surface area (Å²) in [6, 6.07) is 1.93. The van der Waals surface area contributed by atoms with Crippen molar-refractivity contribution in [1.82, 2.24) is 9.97 Å². The van der Waals surface area contributed by atoms with Crippen LogP contribution in [0.15, 0.2) is 10.9 Å². The monoisotopic (exact) mass is 188 g/mol. The summed E-state index contributed by atoms with van der Waals surface area (Å²) >= 11 is 0. The van der Waals surface area contributed by atoms with Gasteiger partial charge >= 0.3 is 5.69 Å². The van der Waals surface area contributed by atoms with E-state index >= 15 is 0 Å². The van der Waals surface area contributed by atoms with E-state index in [9.17, 15) is 4.79 Å². The number of aryl methyl sites for hydroxylation is 2. The van der Waals surface area contributed by atoms with E-state index in [0.717, 1.165) is 24.2 Å². The van der Waals surface area contributed by atoms with Gasteiger partial charge in [0.2, 0.25) is 0 Å². The third-order valence-electron chi connectivity index (χ3n) is 1.60. The van der Waals surface area contributed by atoms with E-state index in [2.05, 4.69) is 9.97 Å². The summed E-state index contributed by atoms with van der Waals surface area (Å²) in [6.07, 6.45) is 1.67. The van der Waals surface area contributed by atoms with Gasteiger partial charge in [0.1, 0.15) is 0 Å². The quantitative estimate of drug-likeness (QED) is 0.761. The second kappa shape index (κ2) is 4.93. The van der Waals surface area contributed by atoms with Gasteiger partial charge < -0.3 is 4.98 Å². The summed E-state index contributed by atoms with van der Waals surface area (Å²) in [5.74, 6) is 0. The fraction of sp³-hybridized carbons (Fsp3) is 0.500. The maximum absolute atomic E-state index is 10.9. The molecule has 1 rings (SSSR count). The summed E-state index contributed by atoms with van der Waals surface area (Å²) in [7, 11) is 0. The first-order valence-electron chi connectivity index (χ1n) is 3.85. The average molecular weight is 189 g/mol. The number of H-pyrrole nitrogens is 1. The Hall–Kier alpha value is -0.830. The molecule has 1 N–H and O–H groups in total. The van der Waals surface area contributed by atoms with E-state index < -0.39 is 0 Å². The third kappa shape index (κ3) is 2.66. The molecule has 0 radical (unpaired) electrons. The number of aromatic amines is 1. The van der Waals surface area contributed by atoms with E-state index in [4.69, 9.17) is 0 Å². The highest BCUT2D eigenvalue weighted by atomic mass is 35.5. The van der Waals surface area contributed by atoms with Gasteiger partial charge in [0, 0.05) is 11.4 Å². The topological polar surface area (TPSA) is 45.8 Å². The zero-order valence-corrected chi connectivity index (χ0v) is 8.07. The third-order valence-corrected chi connectivity index (χ3v) is 1.60. The van der Waals surface area contributed by atoms with Crippen LogP contribution in [0.25, 0.3) is 0 Å². The maximum Gasteiger partial charge on any atom is 0.345 e. The van der Waals surface area contributed by atoms with Crippen LogP contribution in [0.1, 0.15) is 25.2 Å². The van der Waals surface area contributed by atoms with Crippen LogP contribution in [0.3, 0.4) is 0 Å². The molecule has 4 heteroatoms. The smallest absolute Gasteiger partial charge is 0.310 e. The van der Waals surface area contributed by atoms with Crippen molar-refractivity contribution in [3.8, 4) is 0 Å². The van der Waals surface area contributed by atoms with Gasteiger partial charge in [0.25, 0.3) is 0 Å². The van der Waals surface area contributed by atoms with Crippen molar-refractivity contribution in [1.29, 1.82) is 0 Å². The predicted molar refractivity (Wildman–Crippen MR) is 50.9 cm³/mol. The molecular formula is C8H13ClN2O. The summed E-state index contributed by atoms with van der Waals surface area (Å²) < 4.78 is 0. The number of hydrogen-bond acceptors (Lipinski definition) is 2. The molecule has 0 aliphatic carbocycles. The number of nitrogens with zero attached hydrogens (tertiary/aromatic N) is 1. The second-order valence-electron chi connectivity index (χ2n) is 2.41. The molecule has 0 unspecified atom stereocenters. The van der Waals surface area contributed by atoms with Crippen molar-refractivity contribution in [2.24, 2.45) is 0 Å². The molecule has 0 atom stereocenters. The van der Waals surface area contributed by atoms with E-state index in [-0.39, 0.29) is 18.1 Å². The first-order chi connectivity index (χ1) is 5.26. The highest BCUT2D eigenvalue weighted by molar-refractivity contribution is 5.85. The number of aromatic nitrogens is 2. The number of rotatable bonds is 2. The SMILES string of the molecule is CCc1cc(CC)[nH]c(=O)n1.Cl. The molecule has 1 heterocycles. The minimum Gasteiger partial charge on any atom is -0.310 e. The summed E-state index contributed by atoms with van der Waals surface area (Å²) in [5, 5.41) is 0.